The Bertz CT molecular complexity index is 697. The number of carbonyl (C=O) groups is 1. The van der Waals surface area contributed by atoms with Crippen molar-refractivity contribution in [2.45, 2.75) is 32.2 Å². The second kappa shape index (κ2) is 6.40. The first-order chi connectivity index (χ1) is 10.7. The average Bonchev–Trinajstić information content (AvgIpc) is 2.97. The van der Waals surface area contributed by atoms with Gasteiger partial charge in [-0.3, -0.25) is 9.89 Å². The number of rotatable bonds is 4. The molecule has 6 heteroatoms. The third kappa shape index (κ3) is 2.95. The lowest BCUT2D eigenvalue weighted by molar-refractivity contribution is 0.0944. The molecule has 1 aliphatic carbocycles. The number of halogens is 1. The number of ether oxygens (including phenoxy) is 1. The molecule has 0 radical (unpaired) electrons. The van der Waals surface area contributed by atoms with Gasteiger partial charge in [0.15, 0.2) is 5.69 Å². The summed E-state index contributed by atoms with van der Waals surface area (Å²) in [5.41, 5.74) is 3.50. The largest absolute Gasteiger partial charge is 0.496 e. The van der Waals surface area contributed by atoms with Crippen LogP contribution in [-0.4, -0.2) is 23.2 Å². The zero-order valence-corrected chi connectivity index (χ0v) is 13.2. The summed E-state index contributed by atoms with van der Waals surface area (Å²) in [6.07, 6.45) is 4.14. The van der Waals surface area contributed by atoms with Crippen molar-refractivity contribution in [3.63, 3.8) is 0 Å². The molecule has 1 amide bonds. The molecule has 1 heterocycles. The fourth-order valence-electron chi connectivity index (χ4n) is 2.81. The van der Waals surface area contributed by atoms with E-state index in [0.717, 1.165) is 42.5 Å². The molecule has 0 spiro atoms. The first kappa shape index (κ1) is 14.9. The number of fused-ring (bicyclic) bond motifs is 1. The van der Waals surface area contributed by atoms with Gasteiger partial charge in [-0.1, -0.05) is 11.6 Å². The smallest absolute Gasteiger partial charge is 0.272 e. The highest BCUT2D eigenvalue weighted by Gasteiger charge is 2.21. The zero-order chi connectivity index (χ0) is 15.5. The van der Waals surface area contributed by atoms with Crippen LogP contribution in [0, 0.1) is 0 Å². The number of aromatic nitrogens is 2. The third-order valence-electron chi connectivity index (χ3n) is 3.95. The van der Waals surface area contributed by atoms with Gasteiger partial charge in [-0.25, -0.2) is 0 Å². The van der Waals surface area contributed by atoms with Crippen molar-refractivity contribution in [2.24, 2.45) is 0 Å². The monoisotopic (exact) mass is 319 g/mol. The summed E-state index contributed by atoms with van der Waals surface area (Å²) < 4.78 is 5.28. The molecule has 0 unspecified atom stereocenters. The predicted molar refractivity (Wildman–Crippen MR) is 84.4 cm³/mol. The molecular weight excluding hydrogens is 302 g/mol. The number of benzene rings is 1. The van der Waals surface area contributed by atoms with Crippen molar-refractivity contribution >= 4 is 17.5 Å². The minimum Gasteiger partial charge on any atom is -0.496 e. The Labute approximate surface area is 134 Å². The number of methoxy groups -OCH3 is 1. The van der Waals surface area contributed by atoms with Crippen LogP contribution in [0.25, 0.3) is 0 Å². The van der Waals surface area contributed by atoms with E-state index in [1.54, 1.807) is 25.3 Å². The first-order valence-electron chi connectivity index (χ1n) is 7.35. The van der Waals surface area contributed by atoms with Crippen LogP contribution in [0.3, 0.4) is 0 Å². The number of carbonyl (C=O) groups excluding carboxylic acids is 1. The molecule has 0 bridgehead atoms. The minimum absolute atomic E-state index is 0.165. The molecule has 1 aromatic heterocycles. The minimum atomic E-state index is -0.165. The molecule has 1 aromatic carbocycles. The Morgan fingerprint density at radius 1 is 1.41 bits per heavy atom. The number of H-pyrrole nitrogens is 1. The summed E-state index contributed by atoms with van der Waals surface area (Å²) in [7, 11) is 1.60. The normalized spacial score (nSPS) is 13.5. The van der Waals surface area contributed by atoms with Crippen LogP contribution < -0.4 is 10.1 Å². The quantitative estimate of drug-likeness (QED) is 0.910. The van der Waals surface area contributed by atoms with Gasteiger partial charge in [0.1, 0.15) is 5.75 Å². The zero-order valence-electron chi connectivity index (χ0n) is 12.4. The SMILES string of the molecule is COc1ccc(Cl)cc1CNC(=O)c1n[nH]c2c1CCCC2. The van der Waals surface area contributed by atoms with Crippen molar-refractivity contribution < 1.29 is 9.53 Å². The molecule has 0 atom stereocenters. The summed E-state index contributed by atoms with van der Waals surface area (Å²) in [5.74, 6) is 0.537. The van der Waals surface area contributed by atoms with E-state index in [1.165, 1.54) is 0 Å². The van der Waals surface area contributed by atoms with Crippen molar-refractivity contribution in [1.29, 1.82) is 0 Å². The highest BCUT2D eigenvalue weighted by Crippen LogP contribution is 2.24. The number of aromatic amines is 1. The van der Waals surface area contributed by atoms with Crippen molar-refractivity contribution in [2.75, 3.05) is 7.11 Å². The van der Waals surface area contributed by atoms with Gasteiger partial charge in [-0.15, -0.1) is 0 Å². The fourth-order valence-corrected chi connectivity index (χ4v) is 3.01. The van der Waals surface area contributed by atoms with Gasteiger partial charge in [0.25, 0.3) is 5.91 Å². The molecule has 3 rings (SSSR count). The van der Waals surface area contributed by atoms with Gasteiger partial charge in [-0.2, -0.15) is 5.10 Å². The number of hydrogen-bond acceptors (Lipinski definition) is 3. The Kier molecular flexibility index (Phi) is 4.34. The molecule has 2 N–H and O–H groups in total. The van der Waals surface area contributed by atoms with Gasteiger partial charge in [0.05, 0.1) is 7.11 Å². The number of aryl methyl sites for hydroxylation is 1. The van der Waals surface area contributed by atoms with E-state index in [-0.39, 0.29) is 5.91 Å². The predicted octanol–water partition coefficient (Wildman–Crippen LogP) is 2.88. The topological polar surface area (TPSA) is 67.0 Å². The lowest BCUT2D eigenvalue weighted by Crippen LogP contribution is -2.25. The molecular formula is C16H18ClN3O2. The molecule has 2 aromatic rings. The molecule has 5 nitrogen and oxygen atoms in total. The number of nitrogens with one attached hydrogen (secondary N) is 2. The van der Waals surface area contributed by atoms with Crippen molar-refractivity contribution in [1.82, 2.24) is 15.5 Å². The van der Waals surface area contributed by atoms with Gasteiger partial charge in [-0.05, 0) is 43.9 Å². The van der Waals surface area contributed by atoms with Crippen molar-refractivity contribution in [3.8, 4) is 5.75 Å². The van der Waals surface area contributed by atoms with Crippen LogP contribution in [0.15, 0.2) is 18.2 Å². The van der Waals surface area contributed by atoms with Gasteiger partial charge < -0.3 is 10.1 Å². The fraction of sp³-hybridized carbons (Fsp3) is 0.375. The summed E-state index contributed by atoms with van der Waals surface area (Å²) in [4.78, 5) is 12.4. The molecule has 0 saturated heterocycles. The molecule has 116 valence electrons. The third-order valence-corrected chi connectivity index (χ3v) is 4.19. The van der Waals surface area contributed by atoms with E-state index in [9.17, 15) is 4.79 Å². The summed E-state index contributed by atoms with van der Waals surface area (Å²) in [6, 6.07) is 5.34. The number of hydrogen-bond donors (Lipinski definition) is 2. The van der Waals surface area contributed by atoms with E-state index in [1.807, 2.05) is 0 Å². The van der Waals surface area contributed by atoms with Gasteiger partial charge in [0.2, 0.25) is 0 Å². The second-order valence-corrected chi connectivity index (χ2v) is 5.81. The maximum absolute atomic E-state index is 12.4. The van der Waals surface area contributed by atoms with E-state index in [4.69, 9.17) is 16.3 Å². The molecule has 0 aliphatic heterocycles. The van der Waals surface area contributed by atoms with Crippen LogP contribution in [0.1, 0.15) is 40.2 Å². The number of amides is 1. The molecule has 22 heavy (non-hydrogen) atoms. The maximum atomic E-state index is 12.4. The standard InChI is InChI=1S/C16H18ClN3O2/c1-22-14-7-6-11(17)8-10(14)9-18-16(21)15-12-4-2-3-5-13(12)19-20-15/h6-8H,2-5,9H2,1H3,(H,18,21)(H,19,20). The van der Waals surface area contributed by atoms with E-state index in [0.29, 0.717) is 23.0 Å². The number of nitrogens with zero attached hydrogens (tertiary/aromatic N) is 1. The Hall–Kier alpha value is -2.01. The second-order valence-electron chi connectivity index (χ2n) is 5.38. The summed E-state index contributed by atoms with van der Waals surface area (Å²) in [6.45, 7) is 0.351. The Morgan fingerprint density at radius 2 is 2.23 bits per heavy atom. The van der Waals surface area contributed by atoms with Crippen LogP contribution in [0.2, 0.25) is 5.02 Å². The molecule has 0 fully saturated rings. The lowest BCUT2D eigenvalue weighted by Gasteiger charge is -2.12. The lowest BCUT2D eigenvalue weighted by atomic mass is 9.96. The Morgan fingerprint density at radius 3 is 3.05 bits per heavy atom. The highest BCUT2D eigenvalue weighted by atomic mass is 35.5. The molecule has 0 saturated carbocycles. The van der Waals surface area contributed by atoms with Crippen LogP contribution >= 0.6 is 11.6 Å². The highest BCUT2D eigenvalue weighted by molar-refractivity contribution is 6.30. The van der Waals surface area contributed by atoms with E-state index >= 15 is 0 Å². The van der Waals surface area contributed by atoms with Crippen LogP contribution in [0.4, 0.5) is 0 Å². The van der Waals surface area contributed by atoms with Crippen molar-refractivity contribution in [3.05, 3.63) is 45.7 Å². The van der Waals surface area contributed by atoms with Gasteiger partial charge in [0, 0.05) is 28.4 Å². The van der Waals surface area contributed by atoms with Crippen LogP contribution in [0.5, 0.6) is 5.75 Å². The Balaban J connectivity index is 1.73. The maximum Gasteiger partial charge on any atom is 0.272 e. The van der Waals surface area contributed by atoms with Crippen LogP contribution in [-0.2, 0) is 19.4 Å². The van der Waals surface area contributed by atoms with Gasteiger partial charge >= 0.3 is 0 Å². The first-order valence-corrected chi connectivity index (χ1v) is 7.73. The average molecular weight is 320 g/mol. The summed E-state index contributed by atoms with van der Waals surface area (Å²) in [5, 5.41) is 10.7. The van der Waals surface area contributed by atoms with E-state index in [2.05, 4.69) is 15.5 Å². The van der Waals surface area contributed by atoms with E-state index < -0.39 is 0 Å². The molecule has 1 aliphatic rings. The summed E-state index contributed by atoms with van der Waals surface area (Å²) >= 11 is 6.00.